The SMILES string of the molecule is COC(=O)c1cc(C(=O)CCCCCN2CCN(c3ccccc3)CC2I)ccc1O. The van der Waals surface area contributed by atoms with Crippen molar-refractivity contribution in [2.24, 2.45) is 0 Å². The number of halogens is 1. The lowest BCUT2D eigenvalue weighted by Crippen LogP contribution is -2.50. The molecule has 0 amide bonds. The molecular formula is C24H29IN2O4. The summed E-state index contributed by atoms with van der Waals surface area (Å²) in [5.41, 5.74) is 1.74. The first-order valence-corrected chi connectivity index (χ1v) is 11.9. The van der Waals surface area contributed by atoms with Crippen LogP contribution in [0.15, 0.2) is 48.5 Å². The number of phenols is 1. The van der Waals surface area contributed by atoms with Crippen LogP contribution < -0.4 is 4.90 Å². The zero-order valence-corrected chi connectivity index (χ0v) is 20.0. The molecule has 1 aliphatic rings. The van der Waals surface area contributed by atoms with Gasteiger partial charge in [-0.15, -0.1) is 0 Å². The van der Waals surface area contributed by atoms with Crippen LogP contribution in [0.1, 0.15) is 46.4 Å². The second kappa shape index (κ2) is 11.5. The quantitative estimate of drug-likeness (QED) is 0.127. The molecule has 166 valence electrons. The number of carbonyl (C=O) groups is 2. The molecule has 0 saturated carbocycles. The van der Waals surface area contributed by atoms with Gasteiger partial charge in [-0.25, -0.2) is 4.79 Å². The number of ether oxygens (including phenoxy) is 1. The molecule has 0 bridgehead atoms. The minimum Gasteiger partial charge on any atom is -0.507 e. The van der Waals surface area contributed by atoms with E-state index in [0.29, 0.717) is 16.0 Å². The third-order valence-corrected chi connectivity index (χ3v) is 6.80. The number of para-hydroxylation sites is 1. The molecule has 1 saturated heterocycles. The van der Waals surface area contributed by atoms with Crippen molar-refractivity contribution in [1.29, 1.82) is 0 Å². The Hall–Kier alpha value is -2.13. The van der Waals surface area contributed by atoms with Crippen molar-refractivity contribution in [1.82, 2.24) is 4.90 Å². The average molecular weight is 536 g/mol. The van der Waals surface area contributed by atoms with Gasteiger partial charge in [0.05, 0.1) is 11.2 Å². The normalized spacial score (nSPS) is 16.8. The number of hydrogen-bond donors (Lipinski definition) is 1. The maximum absolute atomic E-state index is 12.5. The van der Waals surface area contributed by atoms with Gasteiger partial charge in [-0.1, -0.05) is 47.2 Å². The fourth-order valence-electron chi connectivity index (χ4n) is 3.81. The summed E-state index contributed by atoms with van der Waals surface area (Å²) in [7, 11) is 1.25. The maximum Gasteiger partial charge on any atom is 0.341 e. The van der Waals surface area contributed by atoms with Gasteiger partial charge < -0.3 is 14.7 Å². The second-order valence-corrected chi connectivity index (χ2v) is 9.15. The fraction of sp³-hybridized carbons (Fsp3) is 0.417. The Morgan fingerprint density at radius 2 is 1.87 bits per heavy atom. The highest BCUT2D eigenvalue weighted by Gasteiger charge is 2.24. The summed E-state index contributed by atoms with van der Waals surface area (Å²) >= 11 is 2.53. The third-order valence-electron chi connectivity index (χ3n) is 5.62. The van der Waals surface area contributed by atoms with E-state index in [9.17, 15) is 14.7 Å². The van der Waals surface area contributed by atoms with Crippen molar-refractivity contribution in [3.63, 3.8) is 0 Å². The number of methoxy groups -OCH3 is 1. The van der Waals surface area contributed by atoms with Gasteiger partial charge >= 0.3 is 5.97 Å². The second-order valence-electron chi connectivity index (χ2n) is 7.71. The van der Waals surface area contributed by atoms with E-state index in [1.807, 2.05) is 6.07 Å². The molecule has 0 aliphatic carbocycles. The van der Waals surface area contributed by atoms with Crippen LogP contribution in [0.2, 0.25) is 0 Å². The van der Waals surface area contributed by atoms with Crippen LogP contribution in [-0.2, 0) is 4.74 Å². The molecule has 1 heterocycles. The van der Waals surface area contributed by atoms with E-state index in [2.05, 4.69) is 61.4 Å². The number of aromatic hydroxyl groups is 1. The number of ketones is 1. The van der Waals surface area contributed by atoms with Gasteiger partial charge in [-0.3, -0.25) is 9.69 Å². The van der Waals surface area contributed by atoms with Gasteiger partial charge in [-0.2, -0.15) is 0 Å². The number of hydrogen-bond acceptors (Lipinski definition) is 6. The van der Waals surface area contributed by atoms with Crippen molar-refractivity contribution in [2.75, 3.05) is 38.2 Å². The highest BCUT2D eigenvalue weighted by molar-refractivity contribution is 14.1. The van der Waals surface area contributed by atoms with Crippen LogP contribution in [-0.4, -0.2) is 59.1 Å². The first kappa shape index (κ1) is 23.5. The Morgan fingerprint density at radius 1 is 1.10 bits per heavy atom. The molecule has 31 heavy (non-hydrogen) atoms. The molecule has 2 aromatic carbocycles. The summed E-state index contributed by atoms with van der Waals surface area (Å²) in [6, 6.07) is 14.9. The Balaban J connectivity index is 1.39. The minimum absolute atomic E-state index is 0.0200. The molecule has 0 spiro atoms. The summed E-state index contributed by atoms with van der Waals surface area (Å²) in [5.74, 6) is -0.842. The third kappa shape index (κ3) is 6.43. The number of rotatable bonds is 9. The molecule has 1 atom stereocenters. The molecule has 1 N–H and O–H groups in total. The molecule has 3 rings (SSSR count). The molecule has 2 aromatic rings. The Labute approximate surface area is 197 Å². The van der Waals surface area contributed by atoms with E-state index in [4.69, 9.17) is 0 Å². The first-order chi connectivity index (χ1) is 15.0. The first-order valence-electron chi connectivity index (χ1n) is 10.6. The van der Waals surface area contributed by atoms with E-state index in [1.54, 1.807) is 6.07 Å². The van der Waals surface area contributed by atoms with Gasteiger partial charge in [0, 0.05) is 37.3 Å². The van der Waals surface area contributed by atoms with Crippen LogP contribution in [0.25, 0.3) is 0 Å². The highest BCUT2D eigenvalue weighted by atomic mass is 127. The standard InChI is InChI=1S/C24H29IN2O4/c1-31-24(30)20-16-18(11-12-22(20)29)21(28)10-6-3-7-13-26-14-15-27(17-23(26)25)19-8-4-2-5-9-19/h2,4-5,8-9,11-12,16,23,29H,3,6-7,10,13-15,17H2,1H3. The molecule has 1 unspecified atom stereocenters. The van der Waals surface area contributed by atoms with Gasteiger partial charge in [-0.05, 0) is 49.7 Å². The van der Waals surface area contributed by atoms with Crippen molar-refractivity contribution < 1.29 is 19.4 Å². The Bertz CT molecular complexity index is 890. The summed E-state index contributed by atoms with van der Waals surface area (Å²) in [4.78, 5) is 29.1. The molecule has 6 nitrogen and oxygen atoms in total. The number of benzene rings is 2. The van der Waals surface area contributed by atoms with Crippen molar-refractivity contribution in [3.8, 4) is 5.75 Å². The molecule has 1 fully saturated rings. The minimum atomic E-state index is -0.645. The lowest BCUT2D eigenvalue weighted by atomic mass is 10.0. The summed E-state index contributed by atoms with van der Waals surface area (Å²) < 4.78 is 5.12. The summed E-state index contributed by atoms with van der Waals surface area (Å²) in [6.07, 6.45) is 3.28. The Kier molecular flexibility index (Phi) is 8.71. The molecule has 7 heteroatoms. The molecule has 1 aliphatic heterocycles. The molecular weight excluding hydrogens is 507 g/mol. The van der Waals surface area contributed by atoms with Crippen LogP contribution >= 0.6 is 22.6 Å². The Morgan fingerprint density at radius 3 is 2.58 bits per heavy atom. The summed E-state index contributed by atoms with van der Waals surface area (Å²) in [5, 5.41) is 9.77. The number of nitrogens with zero attached hydrogens (tertiary/aromatic N) is 2. The van der Waals surface area contributed by atoms with E-state index in [0.717, 1.165) is 45.4 Å². The number of Topliss-reactive ketones (excluding diaryl/α,β-unsaturated/α-hetero) is 1. The van der Waals surface area contributed by atoms with Crippen LogP contribution in [0, 0.1) is 0 Å². The fourth-order valence-corrected chi connectivity index (χ4v) is 4.84. The largest absolute Gasteiger partial charge is 0.507 e. The number of anilines is 1. The number of carbonyl (C=O) groups excluding carboxylic acids is 2. The van der Waals surface area contributed by atoms with E-state index < -0.39 is 5.97 Å². The van der Waals surface area contributed by atoms with E-state index in [-0.39, 0.29) is 17.1 Å². The van der Waals surface area contributed by atoms with Gasteiger partial charge in [0.25, 0.3) is 0 Å². The topological polar surface area (TPSA) is 70.1 Å². The number of phenolic OH excluding ortho intramolecular Hbond substituents is 1. The molecule has 0 radical (unpaired) electrons. The van der Waals surface area contributed by atoms with Crippen LogP contribution in [0.4, 0.5) is 5.69 Å². The summed E-state index contributed by atoms with van der Waals surface area (Å²) in [6.45, 7) is 4.14. The number of alkyl halides is 1. The number of piperazine rings is 1. The predicted octanol–water partition coefficient (Wildman–Crippen LogP) is 4.51. The van der Waals surface area contributed by atoms with Gasteiger partial charge in [0.1, 0.15) is 11.3 Å². The van der Waals surface area contributed by atoms with E-state index in [1.165, 1.54) is 24.9 Å². The monoisotopic (exact) mass is 536 g/mol. The lowest BCUT2D eigenvalue weighted by molar-refractivity contribution is 0.0597. The zero-order valence-electron chi connectivity index (χ0n) is 17.8. The smallest absolute Gasteiger partial charge is 0.341 e. The average Bonchev–Trinajstić information content (AvgIpc) is 2.80. The van der Waals surface area contributed by atoms with Gasteiger partial charge in [0.15, 0.2) is 5.78 Å². The van der Waals surface area contributed by atoms with Crippen molar-refractivity contribution in [2.45, 2.75) is 29.7 Å². The van der Waals surface area contributed by atoms with Crippen LogP contribution in [0.3, 0.4) is 0 Å². The zero-order chi connectivity index (χ0) is 22.2. The molecule has 0 aromatic heterocycles. The highest BCUT2D eigenvalue weighted by Crippen LogP contribution is 2.23. The maximum atomic E-state index is 12.5. The van der Waals surface area contributed by atoms with Crippen LogP contribution in [0.5, 0.6) is 5.75 Å². The number of unbranched alkanes of at least 4 members (excludes halogenated alkanes) is 2. The number of esters is 1. The van der Waals surface area contributed by atoms with Gasteiger partial charge in [0.2, 0.25) is 0 Å². The lowest BCUT2D eigenvalue weighted by Gasteiger charge is -2.40. The van der Waals surface area contributed by atoms with E-state index >= 15 is 0 Å². The van der Waals surface area contributed by atoms with Crippen molar-refractivity contribution >= 4 is 40.0 Å². The van der Waals surface area contributed by atoms with Crippen molar-refractivity contribution in [3.05, 3.63) is 59.7 Å². The predicted molar refractivity (Wildman–Crippen MR) is 130 cm³/mol.